The fraction of sp³-hybridized carbons (Fsp3) is 0.333. The molecule has 3 nitrogen and oxygen atoms in total. The van der Waals surface area contributed by atoms with E-state index in [-0.39, 0.29) is 11.3 Å². The Morgan fingerprint density at radius 2 is 1.86 bits per heavy atom. The van der Waals surface area contributed by atoms with Crippen LogP contribution in [0.4, 0.5) is 0 Å². The van der Waals surface area contributed by atoms with E-state index < -0.39 is 0 Å². The molecule has 4 heteroatoms. The van der Waals surface area contributed by atoms with E-state index in [1.54, 1.807) is 17.6 Å². The summed E-state index contributed by atoms with van der Waals surface area (Å²) in [6.07, 6.45) is 2.70. The first kappa shape index (κ1) is 16.4. The number of aryl methyl sites for hydroxylation is 1. The van der Waals surface area contributed by atoms with E-state index in [4.69, 9.17) is 0 Å². The second-order valence-corrected chi connectivity index (χ2v) is 7.38. The molecule has 0 aliphatic rings. The third-order valence-corrected chi connectivity index (χ3v) is 4.57. The van der Waals surface area contributed by atoms with Crippen LogP contribution in [0.1, 0.15) is 53.4 Å². The van der Waals surface area contributed by atoms with Gasteiger partial charge in [-0.1, -0.05) is 39.8 Å². The molecule has 0 spiro atoms. The minimum absolute atomic E-state index is 0.0866. The van der Waals surface area contributed by atoms with Crippen LogP contribution in [0.2, 0.25) is 0 Å². The lowest BCUT2D eigenvalue weighted by Crippen LogP contribution is -2.18. The van der Waals surface area contributed by atoms with Gasteiger partial charge in [-0.25, -0.2) is 5.43 Å². The normalized spacial score (nSPS) is 11.8. The number of amides is 1. The monoisotopic (exact) mass is 314 g/mol. The number of carbonyl (C=O) groups is 1. The Hall–Kier alpha value is -1.94. The maximum absolute atomic E-state index is 12.0. The van der Waals surface area contributed by atoms with Crippen molar-refractivity contribution in [2.75, 3.05) is 0 Å². The molecule has 2 rings (SSSR count). The molecule has 0 saturated heterocycles. The highest BCUT2D eigenvalue weighted by atomic mass is 32.1. The van der Waals surface area contributed by atoms with E-state index in [9.17, 15) is 4.79 Å². The molecule has 1 heterocycles. The minimum atomic E-state index is -0.191. The van der Waals surface area contributed by atoms with Gasteiger partial charge >= 0.3 is 0 Å². The van der Waals surface area contributed by atoms with Crippen LogP contribution in [0.25, 0.3) is 0 Å². The van der Waals surface area contributed by atoms with Gasteiger partial charge < -0.3 is 0 Å². The average Bonchev–Trinajstić information content (AvgIpc) is 2.94. The number of carbonyl (C=O) groups excluding carboxylic acids is 1. The molecule has 1 aromatic heterocycles. The molecule has 0 radical (unpaired) electrons. The third kappa shape index (κ3) is 4.28. The highest BCUT2D eigenvalue weighted by Crippen LogP contribution is 2.22. The van der Waals surface area contributed by atoms with Crippen LogP contribution in [0.15, 0.2) is 41.5 Å². The van der Waals surface area contributed by atoms with Gasteiger partial charge in [-0.3, -0.25) is 4.79 Å². The highest BCUT2D eigenvalue weighted by Gasteiger charge is 2.14. The summed E-state index contributed by atoms with van der Waals surface area (Å²) >= 11 is 1.68. The van der Waals surface area contributed by atoms with Gasteiger partial charge in [0.25, 0.3) is 5.91 Å². The molecule has 0 aliphatic heterocycles. The summed E-state index contributed by atoms with van der Waals surface area (Å²) in [6.45, 7) is 8.57. The number of rotatable bonds is 4. The molecule has 0 fully saturated rings. The summed E-state index contributed by atoms with van der Waals surface area (Å²) in [4.78, 5) is 14.4. The van der Waals surface area contributed by atoms with E-state index in [1.165, 1.54) is 10.4 Å². The van der Waals surface area contributed by atoms with Crippen molar-refractivity contribution in [3.8, 4) is 0 Å². The molecule has 0 saturated carbocycles. The number of benzene rings is 1. The van der Waals surface area contributed by atoms with Gasteiger partial charge in [0.1, 0.15) is 0 Å². The Balaban J connectivity index is 1.97. The maximum atomic E-state index is 12.0. The zero-order chi connectivity index (χ0) is 16.2. The number of hydrazone groups is 1. The summed E-state index contributed by atoms with van der Waals surface area (Å²) in [7, 11) is 0. The van der Waals surface area contributed by atoms with Gasteiger partial charge in [0.05, 0.1) is 6.21 Å². The van der Waals surface area contributed by atoms with Crippen LogP contribution in [0, 0.1) is 0 Å². The predicted octanol–water partition coefficient (Wildman–Crippen LogP) is 4.37. The van der Waals surface area contributed by atoms with Crippen molar-refractivity contribution in [3.63, 3.8) is 0 Å². The van der Waals surface area contributed by atoms with Crippen LogP contribution in [0.3, 0.4) is 0 Å². The second kappa shape index (κ2) is 6.88. The summed E-state index contributed by atoms with van der Waals surface area (Å²) in [5, 5.41) is 4.02. The lowest BCUT2D eigenvalue weighted by Gasteiger charge is -2.18. The van der Waals surface area contributed by atoms with E-state index in [0.29, 0.717) is 5.56 Å². The largest absolute Gasteiger partial charge is 0.271 e. The van der Waals surface area contributed by atoms with E-state index in [1.807, 2.05) is 30.3 Å². The smallest absolute Gasteiger partial charge is 0.267 e. The molecule has 0 bridgehead atoms. The summed E-state index contributed by atoms with van der Waals surface area (Å²) in [5.74, 6) is -0.191. The molecule has 1 N–H and O–H groups in total. The Labute approximate surface area is 136 Å². The second-order valence-electron chi connectivity index (χ2n) is 6.18. The van der Waals surface area contributed by atoms with Gasteiger partial charge in [0.15, 0.2) is 0 Å². The maximum Gasteiger partial charge on any atom is 0.271 e. The Morgan fingerprint density at radius 3 is 2.41 bits per heavy atom. The Morgan fingerprint density at radius 1 is 1.18 bits per heavy atom. The molecule has 0 aliphatic carbocycles. The van der Waals surface area contributed by atoms with Crippen LogP contribution in [-0.2, 0) is 11.8 Å². The standard InChI is InChI=1S/C18H22N2OS/c1-5-15-10-11-16(22-15)12-19-20-17(21)13-6-8-14(9-7-13)18(2,3)4/h6-12H,5H2,1-4H3,(H,20,21). The predicted molar refractivity (Wildman–Crippen MR) is 93.9 cm³/mol. The summed E-state index contributed by atoms with van der Waals surface area (Å²) in [6, 6.07) is 11.8. The van der Waals surface area contributed by atoms with Gasteiger partial charge in [-0.05, 0) is 41.7 Å². The van der Waals surface area contributed by atoms with Crippen molar-refractivity contribution in [1.29, 1.82) is 0 Å². The Kier molecular flexibility index (Phi) is 5.14. The number of hydrogen-bond acceptors (Lipinski definition) is 3. The molecule has 22 heavy (non-hydrogen) atoms. The SMILES string of the molecule is CCc1ccc(C=NNC(=O)c2ccc(C(C)(C)C)cc2)s1. The minimum Gasteiger partial charge on any atom is -0.267 e. The van der Waals surface area contributed by atoms with E-state index in [2.05, 4.69) is 44.3 Å². The van der Waals surface area contributed by atoms with Crippen LogP contribution in [-0.4, -0.2) is 12.1 Å². The zero-order valence-electron chi connectivity index (χ0n) is 13.5. The van der Waals surface area contributed by atoms with Crippen LogP contribution >= 0.6 is 11.3 Å². The summed E-state index contributed by atoms with van der Waals surface area (Å²) in [5.41, 5.74) is 4.48. The Bertz CT molecular complexity index is 663. The van der Waals surface area contributed by atoms with Crippen molar-refractivity contribution in [2.24, 2.45) is 5.10 Å². The fourth-order valence-corrected chi connectivity index (χ4v) is 2.82. The van der Waals surface area contributed by atoms with Crippen molar-refractivity contribution in [1.82, 2.24) is 5.43 Å². The van der Waals surface area contributed by atoms with Crippen molar-refractivity contribution in [3.05, 3.63) is 57.3 Å². The third-order valence-electron chi connectivity index (χ3n) is 3.40. The van der Waals surface area contributed by atoms with Crippen molar-refractivity contribution in [2.45, 2.75) is 39.5 Å². The number of nitrogens with zero attached hydrogens (tertiary/aromatic N) is 1. The first-order valence-corrected chi connectivity index (χ1v) is 8.24. The van der Waals surface area contributed by atoms with Crippen LogP contribution in [0.5, 0.6) is 0 Å². The number of thiophene rings is 1. The highest BCUT2D eigenvalue weighted by molar-refractivity contribution is 7.13. The average molecular weight is 314 g/mol. The van der Waals surface area contributed by atoms with Gasteiger partial charge in [0.2, 0.25) is 0 Å². The molecule has 2 aromatic rings. The topological polar surface area (TPSA) is 41.5 Å². The number of nitrogens with one attached hydrogen (secondary N) is 1. The fourth-order valence-electron chi connectivity index (χ4n) is 1.99. The molecule has 1 aromatic carbocycles. The molecular weight excluding hydrogens is 292 g/mol. The zero-order valence-corrected chi connectivity index (χ0v) is 14.3. The lowest BCUT2D eigenvalue weighted by atomic mass is 9.87. The van der Waals surface area contributed by atoms with Crippen molar-refractivity contribution < 1.29 is 4.79 Å². The molecule has 1 amide bonds. The van der Waals surface area contributed by atoms with Gasteiger partial charge in [0, 0.05) is 15.3 Å². The first-order valence-electron chi connectivity index (χ1n) is 7.43. The quantitative estimate of drug-likeness (QED) is 0.660. The van der Waals surface area contributed by atoms with Crippen LogP contribution < -0.4 is 5.43 Å². The molecule has 0 atom stereocenters. The van der Waals surface area contributed by atoms with E-state index >= 15 is 0 Å². The lowest BCUT2D eigenvalue weighted by molar-refractivity contribution is 0.0955. The van der Waals surface area contributed by atoms with E-state index in [0.717, 1.165) is 11.3 Å². The van der Waals surface area contributed by atoms with Gasteiger partial charge in [-0.2, -0.15) is 5.10 Å². The molecule has 0 unspecified atom stereocenters. The first-order chi connectivity index (χ1) is 10.4. The molecular formula is C18H22N2OS. The number of hydrogen-bond donors (Lipinski definition) is 1. The van der Waals surface area contributed by atoms with Crippen molar-refractivity contribution >= 4 is 23.5 Å². The van der Waals surface area contributed by atoms with Gasteiger partial charge in [-0.15, -0.1) is 11.3 Å². The summed E-state index contributed by atoms with van der Waals surface area (Å²) < 4.78 is 0. The molecule has 116 valence electrons.